The molecule has 1 aliphatic rings. The second kappa shape index (κ2) is 7.39. The Morgan fingerprint density at radius 2 is 2.12 bits per heavy atom. The van der Waals surface area contributed by atoms with Crippen LogP contribution in [0.2, 0.25) is 0 Å². The normalized spacial score (nSPS) is 15.8. The van der Waals surface area contributed by atoms with E-state index in [1.54, 1.807) is 25.1 Å². The molecule has 6 heteroatoms. The molecule has 0 spiro atoms. The molecule has 1 aromatic carbocycles. The van der Waals surface area contributed by atoms with E-state index in [1.165, 1.54) is 12.1 Å². The molecule has 2 aromatic rings. The molecular weight excluding hydrogens is 319 g/mol. The van der Waals surface area contributed by atoms with Gasteiger partial charge in [0.25, 0.3) is 0 Å². The standard InChI is InChI=1S/C19H19FN4O/c1-13(14-7-4-5-8-16(14)20)11-17(25)15(12-21)19-23-22-18-9-3-2-6-10-24(18)19/h4-5,7-8,11,15H,2-3,6,9-10H2,1H3/b13-11+/t15-/m1/s1. The van der Waals surface area contributed by atoms with Crippen LogP contribution >= 0.6 is 0 Å². The monoisotopic (exact) mass is 338 g/mol. The fourth-order valence-electron chi connectivity index (χ4n) is 3.13. The van der Waals surface area contributed by atoms with E-state index in [9.17, 15) is 14.4 Å². The highest BCUT2D eigenvalue weighted by atomic mass is 19.1. The molecule has 128 valence electrons. The van der Waals surface area contributed by atoms with Crippen molar-refractivity contribution >= 4 is 11.4 Å². The Hall–Kier alpha value is -2.81. The Bertz CT molecular complexity index is 863. The summed E-state index contributed by atoms with van der Waals surface area (Å²) in [4.78, 5) is 12.6. The molecule has 25 heavy (non-hydrogen) atoms. The maximum Gasteiger partial charge on any atom is 0.180 e. The number of halogens is 1. The van der Waals surface area contributed by atoms with Gasteiger partial charge in [0.05, 0.1) is 6.07 Å². The molecule has 3 rings (SSSR count). The quantitative estimate of drug-likeness (QED) is 0.801. The van der Waals surface area contributed by atoms with Gasteiger partial charge in [0, 0.05) is 18.5 Å². The van der Waals surface area contributed by atoms with E-state index in [2.05, 4.69) is 10.2 Å². The zero-order valence-corrected chi connectivity index (χ0v) is 14.1. The average molecular weight is 338 g/mol. The van der Waals surface area contributed by atoms with Crippen molar-refractivity contribution in [1.82, 2.24) is 14.8 Å². The van der Waals surface area contributed by atoms with E-state index in [0.29, 0.717) is 17.0 Å². The van der Waals surface area contributed by atoms with Crippen molar-refractivity contribution in [1.29, 1.82) is 5.26 Å². The van der Waals surface area contributed by atoms with Gasteiger partial charge in [-0.25, -0.2) is 4.39 Å². The predicted octanol–water partition coefficient (Wildman–Crippen LogP) is 3.42. The molecule has 0 unspecified atom stereocenters. The lowest BCUT2D eigenvalue weighted by Crippen LogP contribution is -2.16. The summed E-state index contributed by atoms with van der Waals surface area (Å²) in [5.41, 5.74) is 0.839. The summed E-state index contributed by atoms with van der Waals surface area (Å²) in [5, 5.41) is 17.8. The number of aromatic nitrogens is 3. The van der Waals surface area contributed by atoms with Gasteiger partial charge in [-0.2, -0.15) is 5.26 Å². The molecule has 0 bridgehead atoms. The van der Waals surface area contributed by atoms with Crippen molar-refractivity contribution in [3.8, 4) is 6.07 Å². The van der Waals surface area contributed by atoms with Gasteiger partial charge in [0.15, 0.2) is 17.5 Å². The summed E-state index contributed by atoms with van der Waals surface area (Å²) in [6, 6.07) is 8.29. The number of allylic oxidation sites excluding steroid dienone is 2. The Morgan fingerprint density at radius 1 is 1.32 bits per heavy atom. The van der Waals surface area contributed by atoms with Gasteiger partial charge < -0.3 is 4.57 Å². The first kappa shape index (κ1) is 17.0. The summed E-state index contributed by atoms with van der Waals surface area (Å²) < 4.78 is 15.8. The minimum Gasteiger partial charge on any atom is -0.313 e. The number of hydrogen-bond donors (Lipinski definition) is 0. The van der Waals surface area contributed by atoms with Crippen LogP contribution in [-0.4, -0.2) is 20.5 Å². The van der Waals surface area contributed by atoms with Crippen molar-refractivity contribution in [2.75, 3.05) is 0 Å². The predicted molar refractivity (Wildman–Crippen MR) is 91.0 cm³/mol. The average Bonchev–Trinajstić information content (AvgIpc) is 2.84. The number of carbonyl (C=O) groups is 1. The lowest BCUT2D eigenvalue weighted by atomic mass is 9.99. The van der Waals surface area contributed by atoms with Crippen molar-refractivity contribution in [3.63, 3.8) is 0 Å². The molecule has 0 aliphatic carbocycles. The molecule has 0 radical (unpaired) electrons. The van der Waals surface area contributed by atoms with Gasteiger partial charge >= 0.3 is 0 Å². The van der Waals surface area contributed by atoms with Crippen LogP contribution in [0.25, 0.3) is 5.57 Å². The zero-order chi connectivity index (χ0) is 17.8. The largest absolute Gasteiger partial charge is 0.313 e. The first-order valence-corrected chi connectivity index (χ1v) is 8.40. The third kappa shape index (κ3) is 3.50. The van der Waals surface area contributed by atoms with Crippen LogP contribution in [0.4, 0.5) is 4.39 Å². The summed E-state index contributed by atoms with van der Waals surface area (Å²) >= 11 is 0. The second-order valence-corrected chi connectivity index (χ2v) is 6.21. The van der Waals surface area contributed by atoms with Crippen LogP contribution in [0.3, 0.4) is 0 Å². The van der Waals surface area contributed by atoms with Crippen molar-refractivity contribution < 1.29 is 9.18 Å². The topological polar surface area (TPSA) is 71.6 Å². The maximum atomic E-state index is 13.9. The number of rotatable bonds is 4. The molecule has 1 aromatic heterocycles. The number of hydrogen-bond acceptors (Lipinski definition) is 4. The van der Waals surface area contributed by atoms with Gasteiger partial charge in [-0.15, -0.1) is 10.2 Å². The van der Waals surface area contributed by atoms with E-state index in [-0.39, 0.29) is 0 Å². The van der Waals surface area contributed by atoms with Crippen molar-refractivity contribution in [2.24, 2.45) is 0 Å². The summed E-state index contributed by atoms with van der Waals surface area (Å²) in [7, 11) is 0. The molecule has 1 atom stereocenters. The number of benzene rings is 1. The lowest BCUT2D eigenvalue weighted by molar-refractivity contribution is -0.115. The molecule has 5 nitrogen and oxygen atoms in total. The third-order valence-electron chi connectivity index (χ3n) is 4.47. The van der Waals surface area contributed by atoms with Crippen LogP contribution in [0.15, 0.2) is 30.3 Å². The van der Waals surface area contributed by atoms with Crippen molar-refractivity contribution in [2.45, 2.75) is 45.1 Å². The summed E-state index contributed by atoms with van der Waals surface area (Å²) in [5.74, 6) is -0.602. The van der Waals surface area contributed by atoms with Crippen LogP contribution in [0, 0.1) is 17.1 Å². The van der Waals surface area contributed by atoms with Gasteiger partial charge in [0.2, 0.25) is 0 Å². The Kier molecular flexibility index (Phi) is 5.03. The number of ketones is 1. The number of nitriles is 1. The highest BCUT2D eigenvalue weighted by molar-refractivity contribution is 6.02. The van der Waals surface area contributed by atoms with Gasteiger partial charge in [-0.1, -0.05) is 24.6 Å². The molecule has 2 heterocycles. The van der Waals surface area contributed by atoms with Crippen LogP contribution in [0.5, 0.6) is 0 Å². The van der Waals surface area contributed by atoms with E-state index in [1.807, 2.05) is 10.6 Å². The molecule has 0 N–H and O–H groups in total. The number of aryl methyl sites for hydroxylation is 1. The highest BCUT2D eigenvalue weighted by Gasteiger charge is 2.27. The fourth-order valence-corrected chi connectivity index (χ4v) is 3.13. The van der Waals surface area contributed by atoms with Gasteiger partial charge in [-0.05, 0) is 37.5 Å². The smallest absolute Gasteiger partial charge is 0.180 e. The molecular formula is C19H19FN4O. The lowest BCUT2D eigenvalue weighted by Gasteiger charge is -2.10. The molecule has 0 saturated carbocycles. The van der Waals surface area contributed by atoms with Crippen LogP contribution < -0.4 is 0 Å². The summed E-state index contributed by atoms with van der Waals surface area (Å²) in [6.07, 6.45) is 5.25. The van der Waals surface area contributed by atoms with Gasteiger partial charge in [0.1, 0.15) is 11.6 Å². The molecule has 1 aliphatic heterocycles. The SMILES string of the molecule is C/C(=C\C(=O)[C@@H](C#N)c1nnc2n1CCCCC2)c1ccccc1F. The van der Waals surface area contributed by atoms with E-state index in [0.717, 1.165) is 38.1 Å². The number of fused-ring (bicyclic) bond motifs is 1. The van der Waals surface area contributed by atoms with E-state index < -0.39 is 17.5 Å². The Balaban J connectivity index is 1.90. The zero-order valence-electron chi connectivity index (χ0n) is 14.1. The minimum atomic E-state index is -1.03. The van der Waals surface area contributed by atoms with E-state index >= 15 is 0 Å². The molecule has 0 amide bonds. The Morgan fingerprint density at radius 3 is 2.88 bits per heavy atom. The van der Waals surface area contributed by atoms with Crippen LogP contribution in [0.1, 0.15) is 49.3 Å². The van der Waals surface area contributed by atoms with Crippen LogP contribution in [-0.2, 0) is 17.8 Å². The molecule has 0 fully saturated rings. The third-order valence-corrected chi connectivity index (χ3v) is 4.47. The maximum absolute atomic E-state index is 13.9. The minimum absolute atomic E-state index is 0.354. The number of carbonyl (C=O) groups excluding carboxylic acids is 1. The first-order valence-electron chi connectivity index (χ1n) is 8.40. The summed E-state index contributed by atoms with van der Waals surface area (Å²) in [6.45, 7) is 2.38. The van der Waals surface area contributed by atoms with Gasteiger partial charge in [-0.3, -0.25) is 4.79 Å². The van der Waals surface area contributed by atoms with Crippen molar-refractivity contribution in [3.05, 3.63) is 53.4 Å². The highest BCUT2D eigenvalue weighted by Crippen LogP contribution is 2.23. The van der Waals surface area contributed by atoms with E-state index in [4.69, 9.17) is 0 Å². The fraction of sp³-hybridized carbons (Fsp3) is 0.368. The first-order chi connectivity index (χ1) is 12.1. The second-order valence-electron chi connectivity index (χ2n) is 6.21. The number of nitrogens with zero attached hydrogens (tertiary/aromatic N) is 4. The Labute approximate surface area is 145 Å². The molecule has 0 saturated heterocycles.